The van der Waals surface area contributed by atoms with Crippen LogP contribution in [0.3, 0.4) is 0 Å². The van der Waals surface area contributed by atoms with Gasteiger partial charge in [0.05, 0.1) is 0 Å². The zero-order valence-electron chi connectivity index (χ0n) is 12.3. The summed E-state index contributed by atoms with van der Waals surface area (Å²) in [7, 11) is 0. The number of ether oxygens (including phenoxy) is 1. The highest BCUT2D eigenvalue weighted by molar-refractivity contribution is 5.93. The average molecular weight is 287 g/mol. The van der Waals surface area contributed by atoms with Gasteiger partial charge in [0.15, 0.2) is 0 Å². The smallest absolute Gasteiger partial charge is 0.374 e. The van der Waals surface area contributed by atoms with Crippen molar-refractivity contribution in [2.24, 2.45) is 5.92 Å². The molecule has 2 aromatic rings. The molecular weight excluding hydrogens is 266 g/mol. The van der Waals surface area contributed by atoms with Gasteiger partial charge in [-0.05, 0) is 49.4 Å². The van der Waals surface area contributed by atoms with Crippen molar-refractivity contribution in [2.45, 2.75) is 45.1 Å². The fraction of sp³-hybridized carbons (Fsp3) is 0.471. The Balaban J connectivity index is 1.71. The van der Waals surface area contributed by atoms with Gasteiger partial charge in [0.2, 0.25) is 5.76 Å². The molecule has 3 rings (SSSR count). The Bertz CT molecular complexity index is 647. The molecule has 1 saturated carbocycles. The molecule has 1 aromatic heterocycles. The number of furan rings is 1. The largest absolute Gasteiger partial charge is 0.457 e. The zero-order chi connectivity index (χ0) is 14.8. The van der Waals surface area contributed by atoms with Crippen LogP contribution in [0.4, 0.5) is 5.69 Å². The van der Waals surface area contributed by atoms with Gasteiger partial charge in [-0.15, -0.1) is 0 Å². The Hall–Kier alpha value is -1.97. The molecule has 1 fully saturated rings. The number of rotatable bonds is 3. The molecular formula is C17H21NO3. The molecule has 0 aliphatic heterocycles. The minimum Gasteiger partial charge on any atom is -0.457 e. The van der Waals surface area contributed by atoms with Crippen LogP contribution in [0, 0.1) is 5.92 Å². The van der Waals surface area contributed by atoms with Gasteiger partial charge in [-0.1, -0.05) is 19.8 Å². The third-order valence-corrected chi connectivity index (χ3v) is 4.33. The summed E-state index contributed by atoms with van der Waals surface area (Å²) in [5.74, 6) is 0.563. The third-order valence-electron chi connectivity index (χ3n) is 4.33. The Labute approximate surface area is 124 Å². The number of anilines is 1. The summed E-state index contributed by atoms with van der Waals surface area (Å²) in [6.45, 7) is 2.19. The maximum Gasteiger partial charge on any atom is 0.374 e. The van der Waals surface area contributed by atoms with Crippen molar-refractivity contribution in [3.63, 3.8) is 0 Å². The highest BCUT2D eigenvalue weighted by atomic mass is 16.6. The van der Waals surface area contributed by atoms with Crippen molar-refractivity contribution in [1.82, 2.24) is 0 Å². The molecule has 1 aliphatic rings. The number of nitrogen functional groups attached to an aromatic ring is 1. The predicted octanol–water partition coefficient (Wildman–Crippen LogP) is 4.14. The van der Waals surface area contributed by atoms with Gasteiger partial charge >= 0.3 is 5.97 Å². The predicted molar refractivity (Wildman–Crippen MR) is 82.1 cm³/mol. The second-order valence-corrected chi connectivity index (χ2v) is 5.88. The lowest BCUT2D eigenvalue weighted by atomic mass is 9.85. The summed E-state index contributed by atoms with van der Waals surface area (Å²) in [5, 5.41) is 0.831. The summed E-state index contributed by atoms with van der Waals surface area (Å²) in [5.41, 5.74) is 7.04. The summed E-state index contributed by atoms with van der Waals surface area (Å²) in [4.78, 5) is 12.2. The van der Waals surface area contributed by atoms with Crippen LogP contribution in [0.25, 0.3) is 11.0 Å². The molecule has 2 atom stereocenters. The van der Waals surface area contributed by atoms with E-state index in [1.54, 1.807) is 24.3 Å². The van der Waals surface area contributed by atoms with E-state index in [1.807, 2.05) is 0 Å². The van der Waals surface area contributed by atoms with E-state index < -0.39 is 0 Å². The van der Waals surface area contributed by atoms with Crippen LogP contribution in [0.15, 0.2) is 28.7 Å². The molecule has 0 radical (unpaired) electrons. The second kappa shape index (κ2) is 5.80. The van der Waals surface area contributed by atoms with Crippen molar-refractivity contribution in [1.29, 1.82) is 0 Å². The second-order valence-electron chi connectivity index (χ2n) is 5.88. The Morgan fingerprint density at radius 1 is 1.38 bits per heavy atom. The topological polar surface area (TPSA) is 65.5 Å². The lowest BCUT2D eigenvalue weighted by molar-refractivity contribution is 0.0110. The first-order chi connectivity index (χ1) is 10.2. The van der Waals surface area contributed by atoms with E-state index in [4.69, 9.17) is 14.9 Å². The Kier molecular flexibility index (Phi) is 3.86. The van der Waals surface area contributed by atoms with Crippen LogP contribution in [0.2, 0.25) is 0 Å². The van der Waals surface area contributed by atoms with Crippen LogP contribution >= 0.6 is 0 Å². The summed E-state index contributed by atoms with van der Waals surface area (Å²) < 4.78 is 11.2. The van der Waals surface area contributed by atoms with Gasteiger partial charge in [-0.2, -0.15) is 0 Å². The van der Waals surface area contributed by atoms with E-state index in [1.165, 1.54) is 6.42 Å². The minimum absolute atomic E-state index is 0.0227. The van der Waals surface area contributed by atoms with E-state index in [0.29, 0.717) is 17.2 Å². The van der Waals surface area contributed by atoms with E-state index in [-0.39, 0.29) is 17.8 Å². The third kappa shape index (κ3) is 3.04. The number of fused-ring (bicyclic) bond motifs is 1. The van der Waals surface area contributed by atoms with Crippen LogP contribution in [0.1, 0.15) is 49.6 Å². The molecule has 1 aromatic carbocycles. The van der Waals surface area contributed by atoms with Gasteiger partial charge in [-0.3, -0.25) is 0 Å². The fourth-order valence-corrected chi connectivity index (χ4v) is 3.09. The maximum atomic E-state index is 12.2. The Morgan fingerprint density at radius 3 is 3.05 bits per heavy atom. The number of esters is 1. The molecule has 1 aliphatic carbocycles. The van der Waals surface area contributed by atoms with Crippen LogP contribution in [-0.2, 0) is 4.74 Å². The first kappa shape index (κ1) is 14.0. The quantitative estimate of drug-likeness (QED) is 0.680. The summed E-state index contributed by atoms with van der Waals surface area (Å²) in [6, 6.07) is 7.03. The monoisotopic (exact) mass is 287 g/mol. The standard InChI is InChI=1S/C17H21NO3/c1-2-11-4-3-5-14(8-11)20-17(19)16-10-12-9-13(18)6-7-15(12)21-16/h6-7,9-11,14H,2-5,8,18H2,1H3. The van der Waals surface area contributed by atoms with E-state index in [0.717, 1.165) is 31.1 Å². The van der Waals surface area contributed by atoms with Crippen LogP contribution in [-0.4, -0.2) is 12.1 Å². The number of carbonyl (C=O) groups is 1. The molecule has 0 spiro atoms. The SMILES string of the molecule is CCC1CCCC(OC(=O)c2cc3cc(N)ccc3o2)C1. The number of hydrogen-bond acceptors (Lipinski definition) is 4. The molecule has 2 N–H and O–H groups in total. The van der Waals surface area contributed by atoms with Crippen LogP contribution < -0.4 is 5.73 Å². The highest BCUT2D eigenvalue weighted by Gasteiger charge is 2.25. The van der Waals surface area contributed by atoms with Gasteiger partial charge in [0.25, 0.3) is 0 Å². The van der Waals surface area contributed by atoms with E-state index in [2.05, 4.69) is 6.92 Å². The van der Waals surface area contributed by atoms with Gasteiger partial charge in [-0.25, -0.2) is 4.79 Å². The first-order valence-electron chi connectivity index (χ1n) is 7.65. The highest BCUT2D eigenvalue weighted by Crippen LogP contribution is 2.29. The minimum atomic E-state index is -0.369. The van der Waals surface area contributed by atoms with Crippen molar-refractivity contribution in [2.75, 3.05) is 5.73 Å². The molecule has 1 heterocycles. The van der Waals surface area contributed by atoms with E-state index in [9.17, 15) is 4.79 Å². The molecule has 112 valence electrons. The van der Waals surface area contributed by atoms with Crippen molar-refractivity contribution in [3.8, 4) is 0 Å². The van der Waals surface area contributed by atoms with Gasteiger partial charge in [0, 0.05) is 11.1 Å². The number of benzene rings is 1. The van der Waals surface area contributed by atoms with Crippen molar-refractivity contribution >= 4 is 22.6 Å². The maximum absolute atomic E-state index is 12.2. The number of nitrogens with two attached hydrogens (primary N) is 1. The molecule has 4 nitrogen and oxygen atoms in total. The normalized spacial score (nSPS) is 22.3. The summed E-state index contributed by atoms with van der Waals surface area (Å²) in [6.07, 6.45) is 5.47. The molecule has 0 saturated heterocycles. The molecule has 0 bridgehead atoms. The number of hydrogen-bond donors (Lipinski definition) is 1. The summed E-state index contributed by atoms with van der Waals surface area (Å²) >= 11 is 0. The lowest BCUT2D eigenvalue weighted by Crippen LogP contribution is -2.25. The van der Waals surface area contributed by atoms with Crippen molar-refractivity contribution in [3.05, 3.63) is 30.0 Å². The molecule has 0 amide bonds. The van der Waals surface area contributed by atoms with Crippen molar-refractivity contribution < 1.29 is 13.9 Å². The molecule has 2 unspecified atom stereocenters. The van der Waals surface area contributed by atoms with E-state index >= 15 is 0 Å². The fourth-order valence-electron chi connectivity index (χ4n) is 3.09. The molecule has 4 heteroatoms. The van der Waals surface area contributed by atoms with Crippen LogP contribution in [0.5, 0.6) is 0 Å². The molecule has 21 heavy (non-hydrogen) atoms. The Morgan fingerprint density at radius 2 is 2.24 bits per heavy atom. The lowest BCUT2D eigenvalue weighted by Gasteiger charge is -2.27. The average Bonchev–Trinajstić information content (AvgIpc) is 2.90. The van der Waals surface area contributed by atoms with Gasteiger partial charge < -0.3 is 14.9 Å². The first-order valence-corrected chi connectivity index (χ1v) is 7.65. The van der Waals surface area contributed by atoms with Gasteiger partial charge in [0.1, 0.15) is 11.7 Å². The zero-order valence-corrected chi connectivity index (χ0v) is 12.3. The number of carbonyl (C=O) groups excluding carboxylic acids is 1.